The zero-order valence-electron chi connectivity index (χ0n) is 12.5. The predicted octanol–water partition coefficient (Wildman–Crippen LogP) is 3.51. The molecule has 102 valence electrons. The van der Waals surface area contributed by atoms with Crippen molar-refractivity contribution in [2.24, 2.45) is 0 Å². The van der Waals surface area contributed by atoms with Crippen LogP contribution in [0.1, 0.15) is 58.2 Å². The van der Waals surface area contributed by atoms with E-state index in [4.69, 9.17) is 0 Å². The van der Waals surface area contributed by atoms with Crippen molar-refractivity contribution in [3.8, 4) is 0 Å². The third kappa shape index (κ3) is 3.12. The van der Waals surface area contributed by atoms with E-state index in [9.17, 15) is 9.79 Å². The van der Waals surface area contributed by atoms with Gasteiger partial charge in [0.05, 0.1) is 0 Å². The van der Waals surface area contributed by atoms with Gasteiger partial charge in [-0.05, 0) is 40.5 Å². The molecule has 18 heavy (non-hydrogen) atoms. The first-order valence-corrected chi connectivity index (χ1v) is 7.53. The first-order chi connectivity index (χ1) is 7.96. The fourth-order valence-corrected chi connectivity index (χ4v) is 3.53. The summed E-state index contributed by atoms with van der Waals surface area (Å²) >= 11 is 0. The molecule has 0 fully saturated rings. The van der Waals surface area contributed by atoms with Crippen LogP contribution in [0.2, 0.25) is 0 Å². The quantitative estimate of drug-likeness (QED) is 0.765. The van der Waals surface area contributed by atoms with E-state index >= 15 is 0 Å². The molecule has 0 aromatic heterocycles. The van der Waals surface area contributed by atoms with Gasteiger partial charge in [0.25, 0.3) is 0 Å². The van der Waals surface area contributed by atoms with Crippen molar-refractivity contribution in [1.29, 1.82) is 0 Å². The van der Waals surface area contributed by atoms with Crippen molar-refractivity contribution in [3.05, 3.63) is 28.8 Å². The van der Waals surface area contributed by atoms with E-state index in [1.54, 1.807) is 0 Å². The standard InChI is InChI=1S/C15H25O2P/c1-10-11(14(2,3)4)8-9-12(18(16)17)13(10)15(5,6)7/h8-9,16-17H,1-7H3. The fourth-order valence-electron chi connectivity index (χ4n) is 2.62. The molecule has 1 aromatic rings. The molecule has 0 bridgehead atoms. The topological polar surface area (TPSA) is 40.5 Å². The van der Waals surface area contributed by atoms with Gasteiger partial charge in [0.1, 0.15) is 0 Å². The molecular weight excluding hydrogens is 243 g/mol. The molecular formula is C15H25O2P. The van der Waals surface area contributed by atoms with E-state index in [0.717, 1.165) is 5.56 Å². The summed E-state index contributed by atoms with van der Waals surface area (Å²) in [6.07, 6.45) is 0. The Bertz CT molecular complexity index is 437. The molecule has 2 nitrogen and oxygen atoms in total. The summed E-state index contributed by atoms with van der Waals surface area (Å²) in [5, 5.41) is 0.683. The number of benzene rings is 1. The second kappa shape index (κ2) is 4.92. The lowest BCUT2D eigenvalue weighted by Gasteiger charge is -2.31. The minimum absolute atomic E-state index is 0.0658. The van der Waals surface area contributed by atoms with E-state index in [1.807, 2.05) is 12.1 Å². The van der Waals surface area contributed by atoms with Gasteiger partial charge in [-0.1, -0.05) is 47.6 Å². The number of hydrogen-bond donors (Lipinski definition) is 2. The Hall–Kier alpha value is -0.430. The van der Waals surface area contributed by atoms with Gasteiger partial charge < -0.3 is 9.79 Å². The molecule has 0 aliphatic rings. The van der Waals surface area contributed by atoms with Gasteiger partial charge in [0.15, 0.2) is 8.38 Å². The van der Waals surface area contributed by atoms with Crippen LogP contribution in [0.5, 0.6) is 0 Å². The summed E-state index contributed by atoms with van der Waals surface area (Å²) in [6.45, 7) is 15.0. The fraction of sp³-hybridized carbons (Fsp3) is 0.600. The van der Waals surface area contributed by atoms with Crippen LogP contribution in [0.25, 0.3) is 0 Å². The Kier molecular flexibility index (Phi) is 4.27. The smallest absolute Gasteiger partial charge is 0.199 e. The first-order valence-electron chi connectivity index (χ1n) is 6.28. The van der Waals surface area contributed by atoms with Crippen molar-refractivity contribution in [2.75, 3.05) is 0 Å². The molecule has 0 amide bonds. The highest BCUT2D eigenvalue weighted by atomic mass is 31.2. The summed E-state index contributed by atoms with van der Waals surface area (Å²) in [5.41, 5.74) is 3.50. The molecule has 1 rings (SSSR count). The molecule has 0 aliphatic heterocycles. The monoisotopic (exact) mass is 268 g/mol. The molecule has 0 unspecified atom stereocenters. The van der Waals surface area contributed by atoms with E-state index in [1.165, 1.54) is 11.1 Å². The molecule has 0 spiro atoms. The summed E-state index contributed by atoms with van der Waals surface area (Å²) in [6, 6.07) is 3.90. The third-order valence-corrected chi connectivity index (χ3v) is 4.02. The highest BCUT2D eigenvalue weighted by Gasteiger charge is 2.28. The van der Waals surface area contributed by atoms with Crippen LogP contribution in [0.3, 0.4) is 0 Å². The molecule has 0 saturated carbocycles. The highest BCUT2D eigenvalue weighted by molar-refractivity contribution is 7.54. The Morgan fingerprint density at radius 2 is 1.39 bits per heavy atom. The minimum atomic E-state index is -2.05. The zero-order chi connectivity index (χ0) is 14.3. The number of rotatable bonds is 1. The Labute approximate surface area is 112 Å². The second-order valence-electron chi connectivity index (χ2n) is 6.92. The Balaban J connectivity index is 3.61. The lowest BCUT2D eigenvalue weighted by molar-refractivity contribution is 0.493. The average molecular weight is 268 g/mol. The zero-order valence-corrected chi connectivity index (χ0v) is 13.4. The molecule has 0 saturated heterocycles. The van der Waals surface area contributed by atoms with Gasteiger partial charge in [-0.3, -0.25) is 0 Å². The molecule has 0 aliphatic carbocycles. The summed E-state index contributed by atoms with van der Waals surface area (Å²) in [5.74, 6) is 0. The van der Waals surface area contributed by atoms with Crippen LogP contribution in [0, 0.1) is 6.92 Å². The molecule has 2 N–H and O–H groups in total. The average Bonchev–Trinajstić information content (AvgIpc) is 2.12. The largest absolute Gasteiger partial charge is 0.347 e. The van der Waals surface area contributed by atoms with Gasteiger partial charge >= 0.3 is 0 Å². The summed E-state index contributed by atoms with van der Waals surface area (Å²) in [7, 11) is -2.05. The van der Waals surface area contributed by atoms with Crippen LogP contribution >= 0.6 is 8.38 Å². The molecule has 3 heteroatoms. The van der Waals surface area contributed by atoms with E-state index in [-0.39, 0.29) is 10.8 Å². The highest BCUT2D eigenvalue weighted by Crippen LogP contribution is 2.37. The van der Waals surface area contributed by atoms with Crippen molar-refractivity contribution in [2.45, 2.75) is 59.3 Å². The first kappa shape index (κ1) is 15.6. The van der Waals surface area contributed by atoms with Crippen LogP contribution in [0.15, 0.2) is 12.1 Å². The van der Waals surface area contributed by atoms with E-state index < -0.39 is 8.38 Å². The SMILES string of the molecule is Cc1c(C(C)(C)C)ccc(P(O)O)c1C(C)(C)C. The van der Waals surface area contributed by atoms with Gasteiger partial charge in [-0.15, -0.1) is 0 Å². The van der Waals surface area contributed by atoms with E-state index in [2.05, 4.69) is 48.5 Å². The molecule has 0 atom stereocenters. The maximum Gasteiger partial charge on any atom is 0.199 e. The van der Waals surface area contributed by atoms with Gasteiger partial charge in [0.2, 0.25) is 0 Å². The van der Waals surface area contributed by atoms with Crippen molar-refractivity contribution >= 4 is 13.7 Å². The Morgan fingerprint density at radius 1 is 0.889 bits per heavy atom. The maximum atomic E-state index is 9.61. The van der Waals surface area contributed by atoms with Crippen molar-refractivity contribution in [1.82, 2.24) is 0 Å². The minimum Gasteiger partial charge on any atom is -0.347 e. The van der Waals surface area contributed by atoms with E-state index in [0.29, 0.717) is 5.30 Å². The lowest BCUT2D eigenvalue weighted by atomic mass is 9.77. The summed E-state index contributed by atoms with van der Waals surface area (Å²) < 4.78 is 0. The predicted molar refractivity (Wildman–Crippen MR) is 79.6 cm³/mol. The van der Waals surface area contributed by atoms with Crippen LogP contribution < -0.4 is 5.30 Å². The van der Waals surface area contributed by atoms with Crippen molar-refractivity contribution in [3.63, 3.8) is 0 Å². The van der Waals surface area contributed by atoms with Crippen LogP contribution in [0.4, 0.5) is 0 Å². The second-order valence-corrected chi connectivity index (χ2v) is 7.98. The maximum absolute atomic E-state index is 9.61. The molecule has 0 heterocycles. The van der Waals surface area contributed by atoms with Crippen LogP contribution in [-0.4, -0.2) is 9.79 Å². The summed E-state index contributed by atoms with van der Waals surface area (Å²) in [4.78, 5) is 19.2. The Morgan fingerprint density at radius 3 is 1.72 bits per heavy atom. The third-order valence-electron chi connectivity index (χ3n) is 3.22. The van der Waals surface area contributed by atoms with Gasteiger partial charge in [0, 0.05) is 5.30 Å². The van der Waals surface area contributed by atoms with Crippen LogP contribution in [-0.2, 0) is 10.8 Å². The van der Waals surface area contributed by atoms with Gasteiger partial charge in [-0.2, -0.15) is 0 Å². The molecule has 1 aromatic carbocycles. The molecule has 0 radical (unpaired) electrons. The van der Waals surface area contributed by atoms with Crippen molar-refractivity contribution < 1.29 is 9.79 Å². The lowest BCUT2D eigenvalue weighted by Crippen LogP contribution is -2.27. The normalized spacial score (nSPS) is 13.2. The number of hydrogen-bond acceptors (Lipinski definition) is 2. The van der Waals surface area contributed by atoms with Gasteiger partial charge in [-0.25, -0.2) is 0 Å².